The smallest absolute Gasteiger partial charge is 0.239 e. The van der Waals surface area contributed by atoms with E-state index >= 15 is 0 Å². The van der Waals surface area contributed by atoms with Crippen LogP contribution in [0.5, 0.6) is 0 Å². The van der Waals surface area contributed by atoms with Crippen LogP contribution in [-0.4, -0.2) is 33.7 Å². The summed E-state index contributed by atoms with van der Waals surface area (Å²) in [5, 5.41) is 0. The summed E-state index contributed by atoms with van der Waals surface area (Å²) in [6.45, 7) is 0.249. The molecule has 0 spiro atoms. The Kier molecular flexibility index (Phi) is 5.62. The Balaban J connectivity index is 2.32. The summed E-state index contributed by atoms with van der Waals surface area (Å²) < 4.78 is 58.0. The lowest BCUT2D eigenvalue weighted by atomic mass is 10.2. The highest BCUT2D eigenvalue weighted by molar-refractivity contribution is 7.92. The molecule has 23 heavy (non-hydrogen) atoms. The van der Waals surface area contributed by atoms with Gasteiger partial charge >= 0.3 is 0 Å². The molecule has 1 aromatic heterocycles. The van der Waals surface area contributed by atoms with Gasteiger partial charge in [-0.2, -0.15) is 0 Å². The van der Waals surface area contributed by atoms with Crippen LogP contribution < -0.4 is 4.31 Å². The second kappa shape index (κ2) is 7.47. The van der Waals surface area contributed by atoms with Crippen molar-refractivity contribution in [3.8, 4) is 0 Å². The highest BCUT2D eigenvalue weighted by atomic mass is 32.2. The number of pyridine rings is 1. The minimum atomic E-state index is -3.87. The first-order chi connectivity index (χ1) is 10.9. The Morgan fingerprint density at radius 3 is 2.48 bits per heavy atom. The second-order valence-corrected chi connectivity index (χ2v) is 6.66. The number of anilines is 1. The first-order valence-electron chi connectivity index (χ1n) is 6.77. The molecule has 0 atom stereocenters. The van der Waals surface area contributed by atoms with Gasteiger partial charge in [-0.3, -0.25) is 9.29 Å². The standard InChI is InChI=1S/C15H16F2N2O3S/c1-22-9-8-19(14-4-6-18-7-5-14)23(20,21)11-12-2-3-13(16)10-15(12)17/h2-7,10H,8-9,11H2,1H3. The lowest BCUT2D eigenvalue weighted by Crippen LogP contribution is -2.35. The molecule has 0 aliphatic heterocycles. The number of hydrogen-bond acceptors (Lipinski definition) is 4. The van der Waals surface area contributed by atoms with Crippen LogP contribution in [0.25, 0.3) is 0 Å². The molecule has 8 heteroatoms. The molecule has 0 aliphatic rings. The van der Waals surface area contributed by atoms with E-state index in [4.69, 9.17) is 4.74 Å². The third-order valence-electron chi connectivity index (χ3n) is 3.14. The van der Waals surface area contributed by atoms with E-state index in [1.165, 1.54) is 31.6 Å². The maximum Gasteiger partial charge on any atom is 0.239 e. The summed E-state index contributed by atoms with van der Waals surface area (Å²) in [6, 6.07) is 5.89. The zero-order valence-corrected chi connectivity index (χ0v) is 13.3. The van der Waals surface area contributed by atoms with Crippen molar-refractivity contribution in [3.63, 3.8) is 0 Å². The van der Waals surface area contributed by atoms with Crippen molar-refractivity contribution in [2.24, 2.45) is 0 Å². The SMILES string of the molecule is COCCN(c1ccncc1)S(=O)(=O)Cc1ccc(F)cc1F. The fraction of sp³-hybridized carbons (Fsp3) is 0.267. The molecule has 0 amide bonds. The number of rotatable bonds is 7. The van der Waals surface area contributed by atoms with E-state index in [1.54, 1.807) is 0 Å². The Morgan fingerprint density at radius 2 is 1.87 bits per heavy atom. The molecular weight excluding hydrogens is 326 g/mol. The number of ether oxygens (including phenoxy) is 1. The van der Waals surface area contributed by atoms with Gasteiger partial charge in [0, 0.05) is 31.1 Å². The molecule has 5 nitrogen and oxygen atoms in total. The zero-order chi connectivity index (χ0) is 16.9. The average molecular weight is 342 g/mol. The first-order valence-corrected chi connectivity index (χ1v) is 8.38. The van der Waals surface area contributed by atoms with Crippen LogP contribution in [0, 0.1) is 11.6 Å². The van der Waals surface area contributed by atoms with E-state index in [9.17, 15) is 17.2 Å². The average Bonchev–Trinajstić information content (AvgIpc) is 2.51. The summed E-state index contributed by atoms with van der Waals surface area (Å²) in [5.41, 5.74) is 0.308. The first kappa shape index (κ1) is 17.3. The monoisotopic (exact) mass is 342 g/mol. The molecule has 1 aromatic carbocycles. The number of aromatic nitrogens is 1. The van der Waals surface area contributed by atoms with E-state index in [0.29, 0.717) is 11.8 Å². The second-order valence-electron chi connectivity index (χ2n) is 4.76. The van der Waals surface area contributed by atoms with Crippen molar-refractivity contribution >= 4 is 15.7 Å². The molecule has 0 saturated carbocycles. The van der Waals surface area contributed by atoms with Crippen LogP contribution in [0.15, 0.2) is 42.7 Å². The van der Waals surface area contributed by atoms with Gasteiger partial charge in [-0.1, -0.05) is 6.07 Å². The summed E-state index contributed by atoms with van der Waals surface area (Å²) in [6.07, 6.45) is 2.92. The third-order valence-corrected chi connectivity index (χ3v) is 4.88. The molecular formula is C15H16F2N2O3S. The van der Waals surface area contributed by atoms with Gasteiger partial charge in [0.25, 0.3) is 0 Å². The fourth-order valence-corrected chi connectivity index (χ4v) is 3.61. The zero-order valence-electron chi connectivity index (χ0n) is 12.4. The molecule has 0 unspecified atom stereocenters. The van der Waals surface area contributed by atoms with Gasteiger partial charge in [0.05, 0.1) is 24.6 Å². The molecule has 2 rings (SSSR count). The van der Waals surface area contributed by atoms with E-state index in [-0.39, 0.29) is 18.7 Å². The molecule has 0 bridgehead atoms. The van der Waals surface area contributed by atoms with E-state index in [0.717, 1.165) is 16.4 Å². The Hall–Kier alpha value is -2.06. The van der Waals surface area contributed by atoms with Crippen LogP contribution in [0.4, 0.5) is 14.5 Å². The third kappa shape index (κ3) is 4.46. The van der Waals surface area contributed by atoms with Crippen LogP contribution in [-0.2, 0) is 20.5 Å². The molecule has 124 valence electrons. The predicted octanol–water partition coefficient (Wildman–Crippen LogP) is 2.34. The Labute approximate surface area is 133 Å². The van der Waals surface area contributed by atoms with E-state index < -0.39 is 27.4 Å². The minimum Gasteiger partial charge on any atom is -0.383 e. The lowest BCUT2D eigenvalue weighted by Gasteiger charge is -2.24. The van der Waals surface area contributed by atoms with Gasteiger partial charge in [0.1, 0.15) is 11.6 Å². The number of methoxy groups -OCH3 is 1. The molecule has 0 aliphatic carbocycles. The normalized spacial score (nSPS) is 11.4. The highest BCUT2D eigenvalue weighted by Gasteiger charge is 2.24. The fourth-order valence-electron chi connectivity index (χ4n) is 2.03. The topological polar surface area (TPSA) is 59.5 Å². The molecule has 2 aromatic rings. The molecule has 1 heterocycles. The minimum absolute atomic E-state index is 0.0751. The van der Waals surface area contributed by atoms with Crippen LogP contribution in [0.3, 0.4) is 0 Å². The van der Waals surface area contributed by atoms with Crippen molar-refractivity contribution in [2.75, 3.05) is 24.6 Å². The van der Waals surface area contributed by atoms with Crippen molar-refractivity contribution in [3.05, 3.63) is 59.9 Å². The molecule has 0 radical (unpaired) electrons. The molecule has 0 N–H and O–H groups in total. The Morgan fingerprint density at radius 1 is 1.17 bits per heavy atom. The van der Waals surface area contributed by atoms with Gasteiger partial charge < -0.3 is 4.74 Å². The van der Waals surface area contributed by atoms with Crippen molar-refractivity contribution < 1.29 is 21.9 Å². The van der Waals surface area contributed by atoms with E-state index in [1.807, 2.05) is 0 Å². The van der Waals surface area contributed by atoms with Crippen LogP contribution in [0.2, 0.25) is 0 Å². The molecule has 0 saturated heterocycles. The van der Waals surface area contributed by atoms with Crippen molar-refractivity contribution in [1.82, 2.24) is 4.98 Å². The summed E-state index contributed by atoms with van der Waals surface area (Å²) in [5.74, 6) is -2.23. The van der Waals surface area contributed by atoms with Gasteiger partial charge in [-0.05, 0) is 18.2 Å². The number of benzene rings is 1. The maximum absolute atomic E-state index is 13.7. The number of sulfonamides is 1. The summed E-state index contributed by atoms with van der Waals surface area (Å²) >= 11 is 0. The van der Waals surface area contributed by atoms with Gasteiger partial charge in [-0.25, -0.2) is 17.2 Å². The largest absolute Gasteiger partial charge is 0.383 e. The highest BCUT2D eigenvalue weighted by Crippen LogP contribution is 2.21. The lowest BCUT2D eigenvalue weighted by molar-refractivity contribution is 0.208. The number of nitrogens with zero attached hydrogens (tertiary/aromatic N) is 2. The predicted molar refractivity (Wildman–Crippen MR) is 82.4 cm³/mol. The number of hydrogen-bond donors (Lipinski definition) is 0. The molecule has 0 fully saturated rings. The van der Waals surface area contributed by atoms with Crippen molar-refractivity contribution in [1.29, 1.82) is 0 Å². The van der Waals surface area contributed by atoms with Gasteiger partial charge in [-0.15, -0.1) is 0 Å². The summed E-state index contributed by atoms with van der Waals surface area (Å²) in [7, 11) is -2.42. The quantitative estimate of drug-likeness (QED) is 0.775. The maximum atomic E-state index is 13.7. The van der Waals surface area contributed by atoms with E-state index in [2.05, 4.69) is 4.98 Å². The van der Waals surface area contributed by atoms with Gasteiger partial charge in [0.15, 0.2) is 0 Å². The van der Waals surface area contributed by atoms with Crippen LogP contribution >= 0.6 is 0 Å². The Bertz CT molecular complexity index is 755. The number of halogens is 2. The van der Waals surface area contributed by atoms with Crippen LogP contribution in [0.1, 0.15) is 5.56 Å². The van der Waals surface area contributed by atoms with Crippen molar-refractivity contribution in [2.45, 2.75) is 5.75 Å². The summed E-state index contributed by atoms with van der Waals surface area (Å²) in [4.78, 5) is 3.84. The van der Waals surface area contributed by atoms with Gasteiger partial charge in [0.2, 0.25) is 10.0 Å².